The van der Waals surface area contributed by atoms with Gasteiger partial charge in [0.05, 0.1) is 25.2 Å². The van der Waals surface area contributed by atoms with Gasteiger partial charge in [0.2, 0.25) is 5.91 Å². The zero-order chi connectivity index (χ0) is 20.2. The summed E-state index contributed by atoms with van der Waals surface area (Å²) in [4.78, 5) is 11.9. The van der Waals surface area contributed by atoms with Crippen LogP contribution in [0, 0.1) is 0 Å². The van der Waals surface area contributed by atoms with Crippen LogP contribution in [0.25, 0.3) is 0 Å². The second kappa shape index (κ2) is 12.3. The second-order valence-electron chi connectivity index (χ2n) is 5.90. The van der Waals surface area contributed by atoms with Crippen LogP contribution in [-0.4, -0.2) is 31.1 Å². The van der Waals surface area contributed by atoms with Crippen LogP contribution in [0.5, 0.6) is 11.5 Å². The smallest absolute Gasteiger partial charge is 0.250 e. The van der Waals surface area contributed by atoms with Crippen molar-refractivity contribution in [3.8, 4) is 11.5 Å². The molecule has 0 aliphatic rings. The topological polar surface area (TPSA) is 59.9 Å². The van der Waals surface area contributed by atoms with Gasteiger partial charge in [-0.3, -0.25) is 4.79 Å². The molecule has 0 aromatic heterocycles. The first kappa shape index (κ1) is 22.1. The Labute approximate surface area is 175 Å². The van der Waals surface area contributed by atoms with Crippen LogP contribution in [-0.2, 0) is 10.5 Å². The van der Waals surface area contributed by atoms with Crippen molar-refractivity contribution in [2.75, 3.05) is 19.0 Å². The van der Waals surface area contributed by atoms with Gasteiger partial charge in [0.1, 0.15) is 0 Å². The van der Waals surface area contributed by atoms with E-state index in [0.29, 0.717) is 35.5 Å². The van der Waals surface area contributed by atoms with Crippen LogP contribution in [0.4, 0.5) is 0 Å². The average Bonchev–Trinajstić information content (AvgIpc) is 2.69. The lowest BCUT2D eigenvalue weighted by atomic mass is 10.2. The first-order valence-corrected chi connectivity index (χ1v) is 10.7. The number of thioether (sulfide) groups is 1. The Morgan fingerprint density at radius 3 is 2.64 bits per heavy atom. The van der Waals surface area contributed by atoms with Gasteiger partial charge in [0.15, 0.2) is 11.5 Å². The van der Waals surface area contributed by atoms with Crippen LogP contribution in [0.1, 0.15) is 31.4 Å². The molecule has 0 fully saturated rings. The summed E-state index contributed by atoms with van der Waals surface area (Å²) in [6, 6.07) is 13.2. The van der Waals surface area contributed by atoms with Crippen molar-refractivity contribution in [2.24, 2.45) is 5.10 Å². The number of ether oxygens (including phenoxy) is 2. The van der Waals surface area contributed by atoms with Crippen molar-refractivity contribution in [2.45, 2.75) is 26.0 Å². The average molecular weight is 421 g/mol. The Balaban J connectivity index is 1.81. The molecule has 0 spiro atoms. The van der Waals surface area contributed by atoms with Gasteiger partial charge in [0.25, 0.3) is 0 Å². The van der Waals surface area contributed by atoms with Gasteiger partial charge in [-0.2, -0.15) is 5.10 Å². The highest BCUT2D eigenvalue weighted by molar-refractivity contribution is 7.99. The van der Waals surface area contributed by atoms with Crippen LogP contribution >= 0.6 is 23.4 Å². The predicted molar refractivity (Wildman–Crippen MR) is 117 cm³/mol. The van der Waals surface area contributed by atoms with E-state index in [1.54, 1.807) is 6.21 Å². The fourth-order valence-electron chi connectivity index (χ4n) is 2.26. The molecule has 0 aliphatic carbocycles. The fourth-order valence-corrected chi connectivity index (χ4v) is 3.16. The Hall–Kier alpha value is -2.18. The Bertz CT molecular complexity index is 782. The third-order valence-corrected chi connectivity index (χ3v) is 4.80. The lowest BCUT2D eigenvalue weighted by Crippen LogP contribution is -2.19. The fraction of sp³-hybridized carbons (Fsp3) is 0.333. The van der Waals surface area contributed by atoms with E-state index in [0.717, 1.165) is 23.3 Å². The molecule has 1 N–H and O–H groups in total. The molecule has 0 heterocycles. The summed E-state index contributed by atoms with van der Waals surface area (Å²) in [6.07, 6.45) is 2.52. The number of hydrogen-bond donors (Lipinski definition) is 1. The molecule has 1 amide bonds. The molecule has 0 unspecified atom stereocenters. The molecular formula is C21H25ClN2O3S. The second-order valence-corrected chi connectivity index (χ2v) is 7.32. The Kier molecular flexibility index (Phi) is 9.72. The lowest BCUT2D eigenvalue weighted by molar-refractivity contribution is -0.118. The first-order valence-electron chi connectivity index (χ1n) is 9.16. The summed E-state index contributed by atoms with van der Waals surface area (Å²) in [5.74, 6) is 2.30. The highest BCUT2D eigenvalue weighted by atomic mass is 35.5. The molecule has 28 heavy (non-hydrogen) atoms. The molecule has 2 aromatic rings. The van der Waals surface area contributed by atoms with E-state index in [-0.39, 0.29) is 5.91 Å². The summed E-state index contributed by atoms with van der Waals surface area (Å²) in [6.45, 7) is 5.16. The van der Waals surface area contributed by atoms with Gasteiger partial charge in [0, 0.05) is 10.8 Å². The number of rotatable bonds is 11. The molecule has 0 saturated carbocycles. The molecule has 0 saturated heterocycles. The van der Waals surface area contributed by atoms with E-state index in [2.05, 4.69) is 17.5 Å². The maximum Gasteiger partial charge on any atom is 0.250 e. The normalized spacial score (nSPS) is 10.8. The number of benzene rings is 2. The van der Waals surface area contributed by atoms with Crippen molar-refractivity contribution >= 4 is 35.5 Å². The summed E-state index contributed by atoms with van der Waals surface area (Å²) in [5.41, 5.74) is 4.49. The van der Waals surface area contributed by atoms with Crippen molar-refractivity contribution in [3.63, 3.8) is 0 Å². The number of amides is 1. The molecule has 0 atom stereocenters. The third kappa shape index (κ3) is 7.82. The molecule has 0 radical (unpaired) electrons. The van der Waals surface area contributed by atoms with E-state index in [9.17, 15) is 4.79 Å². The summed E-state index contributed by atoms with van der Waals surface area (Å²) in [5, 5.41) is 4.73. The van der Waals surface area contributed by atoms with Gasteiger partial charge in [-0.25, -0.2) is 5.43 Å². The maximum atomic E-state index is 11.9. The van der Waals surface area contributed by atoms with Crippen molar-refractivity contribution in [3.05, 3.63) is 58.6 Å². The minimum absolute atomic E-state index is 0.150. The molecule has 0 bridgehead atoms. The number of halogens is 1. The number of carbonyl (C=O) groups is 1. The molecular weight excluding hydrogens is 396 g/mol. The van der Waals surface area contributed by atoms with Crippen molar-refractivity contribution in [1.82, 2.24) is 5.43 Å². The minimum Gasteiger partial charge on any atom is -0.490 e. The first-order chi connectivity index (χ1) is 13.6. The van der Waals surface area contributed by atoms with Crippen molar-refractivity contribution < 1.29 is 14.3 Å². The van der Waals surface area contributed by atoms with E-state index < -0.39 is 0 Å². The van der Waals surface area contributed by atoms with E-state index >= 15 is 0 Å². The Morgan fingerprint density at radius 2 is 1.93 bits per heavy atom. The molecule has 0 aliphatic heterocycles. The molecule has 2 rings (SSSR count). The van der Waals surface area contributed by atoms with Crippen LogP contribution < -0.4 is 14.9 Å². The SMILES string of the molecule is CCCOc1ccc(/C=N/NC(=O)CSCc2ccc(Cl)cc2)cc1OCC. The summed E-state index contributed by atoms with van der Waals surface area (Å²) in [7, 11) is 0. The minimum atomic E-state index is -0.150. The predicted octanol–water partition coefficient (Wildman–Crippen LogP) is 4.91. The highest BCUT2D eigenvalue weighted by Gasteiger charge is 2.06. The molecule has 5 nitrogen and oxygen atoms in total. The van der Waals surface area contributed by atoms with Gasteiger partial charge in [-0.1, -0.05) is 30.7 Å². The summed E-state index contributed by atoms with van der Waals surface area (Å²) >= 11 is 7.38. The van der Waals surface area contributed by atoms with Crippen LogP contribution in [0.3, 0.4) is 0 Å². The van der Waals surface area contributed by atoms with Crippen molar-refractivity contribution in [1.29, 1.82) is 0 Å². The number of hydrazone groups is 1. The summed E-state index contributed by atoms with van der Waals surface area (Å²) < 4.78 is 11.3. The third-order valence-electron chi connectivity index (χ3n) is 3.55. The highest BCUT2D eigenvalue weighted by Crippen LogP contribution is 2.28. The molecule has 7 heteroatoms. The zero-order valence-electron chi connectivity index (χ0n) is 16.1. The number of nitrogens with one attached hydrogen (secondary N) is 1. The van der Waals surface area contributed by atoms with Gasteiger partial charge in [-0.05, 0) is 54.8 Å². The quantitative estimate of drug-likeness (QED) is 0.414. The van der Waals surface area contributed by atoms with Crippen LogP contribution in [0.15, 0.2) is 47.6 Å². The number of carbonyl (C=O) groups excluding carboxylic acids is 1. The van der Waals surface area contributed by atoms with E-state index in [4.69, 9.17) is 21.1 Å². The number of nitrogens with zero attached hydrogens (tertiary/aromatic N) is 1. The monoisotopic (exact) mass is 420 g/mol. The maximum absolute atomic E-state index is 11.9. The largest absolute Gasteiger partial charge is 0.490 e. The number of hydrogen-bond acceptors (Lipinski definition) is 5. The zero-order valence-corrected chi connectivity index (χ0v) is 17.7. The van der Waals surface area contributed by atoms with Gasteiger partial charge >= 0.3 is 0 Å². The van der Waals surface area contributed by atoms with Crippen LogP contribution in [0.2, 0.25) is 5.02 Å². The van der Waals surface area contributed by atoms with Gasteiger partial charge in [-0.15, -0.1) is 11.8 Å². The van der Waals surface area contributed by atoms with E-state index in [1.165, 1.54) is 11.8 Å². The van der Waals surface area contributed by atoms with E-state index in [1.807, 2.05) is 49.4 Å². The lowest BCUT2D eigenvalue weighted by Gasteiger charge is -2.11. The molecule has 2 aromatic carbocycles. The standard InChI is InChI=1S/C21H25ClN2O3S/c1-3-11-27-19-10-7-17(12-20(19)26-4-2)13-23-24-21(25)15-28-14-16-5-8-18(22)9-6-16/h5-10,12-13H,3-4,11,14-15H2,1-2H3,(H,24,25)/b23-13+. The Morgan fingerprint density at radius 1 is 1.14 bits per heavy atom. The van der Waals surface area contributed by atoms with Gasteiger partial charge < -0.3 is 9.47 Å². The molecule has 150 valence electrons.